The molecule has 1 atom stereocenters. The molecule has 0 radical (unpaired) electrons. The number of carbonyl (C=O) groups excluding carboxylic acids is 2. The molecule has 188 valence electrons. The second-order valence-electron chi connectivity index (χ2n) is 7.50. The van der Waals surface area contributed by atoms with Gasteiger partial charge in [0.05, 0.1) is 30.6 Å². The molecule has 0 saturated carbocycles. The average Bonchev–Trinajstić information content (AvgIpc) is 2.87. The number of amides is 2. The molecular weight excluding hydrogens is 472 g/mol. The van der Waals surface area contributed by atoms with Gasteiger partial charge >= 0.3 is 6.61 Å². The summed E-state index contributed by atoms with van der Waals surface area (Å²) in [5.74, 6) is -0.893. The summed E-state index contributed by atoms with van der Waals surface area (Å²) in [6, 6.07) is 20.1. The Bertz CT molecular complexity index is 1210. The standard InChI is InChI=1S/C26H25F2N3O5/c1-17(19-8-4-3-5-9-19)30-25(33)20-10-6-7-11-21(20)31-24(32)16-35-29-15-18-12-13-22(36-26(27)28)23(14-18)34-2/h3-15,17,26H,16H2,1-2H3,(H,30,33)(H,31,32). The van der Waals surface area contributed by atoms with Crippen LogP contribution in [0.2, 0.25) is 0 Å². The van der Waals surface area contributed by atoms with Crippen molar-refractivity contribution in [2.75, 3.05) is 19.0 Å². The highest BCUT2D eigenvalue weighted by molar-refractivity contribution is 6.04. The summed E-state index contributed by atoms with van der Waals surface area (Å²) >= 11 is 0. The van der Waals surface area contributed by atoms with E-state index in [1.807, 2.05) is 37.3 Å². The Hall–Kier alpha value is -4.47. The predicted molar refractivity (Wildman–Crippen MR) is 131 cm³/mol. The number of hydrogen-bond donors (Lipinski definition) is 2. The van der Waals surface area contributed by atoms with Crippen LogP contribution in [0.3, 0.4) is 0 Å². The zero-order chi connectivity index (χ0) is 25.9. The van der Waals surface area contributed by atoms with E-state index in [1.54, 1.807) is 24.3 Å². The van der Waals surface area contributed by atoms with Gasteiger partial charge in [0.2, 0.25) is 0 Å². The number of halogens is 2. The van der Waals surface area contributed by atoms with Crippen LogP contribution in [0.25, 0.3) is 0 Å². The van der Waals surface area contributed by atoms with Gasteiger partial charge in [0.25, 0.3) is 11.8 Å². The van der Waals surface area contributed by atoms with Gasteiger partial charge in [-0.05, 0) is 42.8 Å². The minimum absolute atomic E-state index is 0.0912. The molecule has 36 heavy (non-hydrogen) atoms. The highest BCUT2D eigenvalue weighted by atomic mass is 19.3. The molecule has 0 aliphatic heterocycles. The fourth-order valence-corrected chi connectivity index (χ4v) is 3.23. The maximum absolute atomic E-state index is 12.8. The summed E-state index contributed by atoms with van der Waals surface area (Å²) in [5.41, 5.74) is 2.05. The van der Waals surface area contributed by atoms with Crippen LogP contribution in [0.1, 0.15) is 34.5 Å². The minimum atomic E-state index is -2.98. The number of hydrogen-bond acceptors (Lipinski definition) is 6. The van der Waals surface area contributed by atoms with E-state index in [-0.39, 0.29) is 23.4 Å². The molecule has 3 aromatic rings. The van der Waals surface area contributed by atoms with Crippen LogP contribution in [0.4, 0.5) is 14.5 Å². The molecule has 0 spiro atoms. The summed E-state index contributed by atoms with van der Waals surface area (Å²) in [5, 5.41) is 9.27. The van der Waals surface area contributed by atoms with Gasteiger partial charge in [-0.3, -0.25) is 9.59 Å². The van der Waals surface area contributed by atoms with Crippen LogP contribution in [0.5, 0.6) is 11.5 Å². The molecule has 1 unspecified atom stereocenters. The average molecular weight is 497 g/mol. The Labute approximate surface area is 206 Å². The van der Waals surface area contributed by atoms with Gasteiger partial charge in [-0.15, -0.1) is 0 Å². The number of nitrogens with zero attached hydrogens (tertiary/aromatic N) is 1. The second kappa shape index (κ2) is 12.8. The van der Waals surface area contributed by atoms with E-state index in [9.17, 15) is 18.4 Å². The molecule has 0 heterocycles. The lowest BCUT2D eigenvalue weighted by Crippen LogP contribution is -2.28. The van der Waals surface area contributed by atoms with Gasteiger partial charge in [-0.2, -0.15) is 8.78 Å². The summed E-state index contributed by atoms with van der Waals surface area (Å²) in [7, 11) is 1.32. The quantitative estimate of drug-likeness (QED) is 0.294. The highest BCUT2D eigenvalue weighted by Crippen LogP contribution is 2.29. The molecular formula is C26H25F2N3O5. The zero-order valence-electron chi connectivity index (χ0n) is 19.6. The smallest absolute Gasteiger partial charge is 0.387 e. The summed E-state index contributed by atoms with van der Waals surface area (Å²) in [6.07, 6.45) is 1.29. The van der Waals surface area contributed by atoms with Gasteiger partial charge in [-0.25, -0.2) is 0 Å². The Morgan fingerprint density at radius 2 is 1.72 bits per heavy atom. The van der Waals surface area contributed by atoms with E-state index in [0.29, 0.717) is 16.8 Å². The fraction of sp³-hybridized carbons (Fsp3) is 0.192. The second-order valence-corrected chi connectivity index (χ2v) is 7.50. The number of rotatable bonds is 11. The Morgan fingerprint density at radius 1 is 1.00 bits per heavy atom. The third-order valence-electron chi connectivity index (χ3n) is 4.97. The van der Waals surface area contributed by atoms with Gasteiger partial charge in [0.1, 0.15) is 0 Å². The van der Waals surface area contributed by atoms with Crippen molar-refractivity contribution in [3.8, 4) is 11.5 Å². The topological polar surface area (TPSA) is 98.3 Å². The number of carbonyl (C=O) groups is 2. The Balaban J connectivity index is 1.55. The monoisotopic (exact) mass is 497 g/mol. The van der Waals surface area contributed by atoms with Crippen LogP contribution in [0, 0.1) is 0 Å². The first-order valence-electron chi connectivity index (χ1n) is 10.9. The molecule has 2 amide bonds. The number of anilines is 1. The minimum Gasteiger partial charge on any atom is -0.493 e. The molecule has 0 aromatic heterocycles. The van der Waals surface area contributed by atoms with Crippen LogP contribution in [-0.4, -0.2) is 38.4 Å². The van der Waals surface area contributed by atoms with Crippen molar-refractivity contribution < 1.29 is 32.7 Å². The summed E-state index contributed by atoms with van der Waals surface area (Å²) in [4.78, 5) is 30.2. The fourth-order valence-electron chi connectivity index (χ4n) is 3.23. The number of alkyl halides is 2. The van der Waals surface area contributed by atoms with Crippen molar-refractivity contribution in [3.63, 3.8) is 0 Å². The zero-order valence-corrected chi connectivity index (χ0v) is 19.6. The number of methoxy groups -OCH3 is 1. The molecule has 0 saturated heterocycles. The third-order valence-corrected chi connectivity index (χ3v) is 4.97. The van der Waals surface area contributed by atoms with Crippen molar-refractivity contribution in [2.24, 2.45) is 5.16 Å². The van der Waals surface area contributed by atoms with E-state index in [0.717, 1.165) is 5.56 Å². The molecule has 0 aliphatic rings. The summed E-state index contributed by atoms with van der Waals surface area (Å²) in [6.45, 7) is -1.53. The first-order valence-corrected chi connectivity index (χ1v) is 10.9. The van der Waals surface area contributed by atoms with E-state index in [2.05, 4.69) is 20.5 Å². The van der Waals surface area contributed by atoms with Crippen molar-refractivity contribution in [2.45, 2.75) is 19.6 Å². The van der Waals surface area contributed by atoms with Gasteiger partial charge in [0.15, 0.2) is 18.1 Å². The van der Waals surface area contributed by atoms with Crippen molar-refractivity contribution in [3.05, 3.63) is 89.5 Å². The van der Waals surface area contributed by atoms with E-state index in [1.165, 1.54) is 31.5 Å². The normalized spacial score (nSPS) is 11.7. The molecule has 2 N–H and O–H groups in total. The van der Waals surface area contributed by atoms with Crippen LogP contribution in [0.15, 0.2) is 78.0 Å². The largest absolute Gasteiger partial charge is 0.493 e. The van der Waals surface area contributed by atoms with Gasteiger partial charge in [0, 0.05) is 5.56 Å². The number of oxime groups is 1. The van der Waals surface area contributed by atoms with Crippen molar-refractivity contribution >= 4 is 23.7 Å². The first kappa shape index (κ1) is 26.1. The molecule has 0 aliphatic carbocycles. The Kier molecular flexibility index (Phi) is 9.33. The van der Waals surface area contributed by atoms with Crippen LogP contribution >= 0.6 is 0 Å². The maximum Gasteiger partial charge on any atom is 0.387 e. The molecule has 0 bridgehead atoms. The lowest BCUT2D eigenvalue weighted by atomic mass is 10.1. The van der Waals surface area contributed by atoms with Crippen LogP contribution in [-0.2, 0) is 9.63 Å². The van der Waals surface area contributed by atoms with E-state index >= 15 is 0 Å². The van der Waals surface area contributed by atoms with Crippen molar-refractivity contribution in [1.29, 1.82) is 0 Å². The summed E-state index contributed by atoms with van der Waals surface area (Å²) < 4.78 is 34.2. The maximum atomic E-state index is 12.8. The molecule has 3 rings (SSSR count). The van der Waals surface area contributed by atoms with Gasteiger partial charge < -0.3 is 24.9 Å². The number of para-hydroxylation sites is 1. The van der Waals surface area contributed by atoms with Crippen LogP contribution < -0.4 is 20.1 Å². The molecule has 3 aromatic carbocycles. The SMILES string of the molecule is COc1cc(C=NOCC(=O)Nc2ccccc2C(=O)NC(C)c2ccccc2)ccc1OC(F)F. The number of ether oxygens (including phenoxy) is 2. The highest BCUT2D eigenvalue weighted by Gasteiger charge is 2.16. The van der Waals surface area contributed by atoms with E-state index in [4.69, 9.17) is 9.57 Å². The lowest BCUT2D eigenvalue weighted by molar-refractivity contribution is -0.120. The lowest BCUT2D eigenvalue weighted by Gasteiger charge is -2.16. The molecule has 8 nitrogen and oxygen atoms in total. The first-order chi connectivity index (χ1) is 17.4. The molecule has 0 fully saturated rings. The number of nitrogens with one attached hydrogen (secondary N) is 2. The Morgan fingerprint density at radius 3 is 2.44 bits per heavy atom. The van der Waals surface area contributed by atoms with E-state index < -0.39 is 19.1 Å². The van der Waals surface area contributed by atoms with Gasteiger partial charge in [-0.1, -0.05) is 47.6 Å². The third kappa shape index (κ3) is 7.52. The molecule has 10 heteroatoms. The predicted octanol–water partition coefficient (Wildman–Crippen LogP) is 4.78. The number of benzene rings is 3. The van der Waals surface area contributed by atoms with Crippen molar-refractivity contribution in [1.82, 2.24) is 5.32 Å².